The number of hydrogen-bond donors (Lipinski definition) is 3. The number of amides is 1. The zero-order chi connectivity index (χ0) is 23.3. The molecule has 1 aliphatic heterocycles. The Hall–Kier alpha value is -3.14. The van der Waals surface area contributed by atoms with E-state index in [2.05, 4.69) is 17.9 Å². The Bertz CT molecular complexity index is 998. The van der Waals surface area contributed by atoms with Gasteiger partial charge in [-0.3, -0.25) is 10.1 Å². The minimum absolute atomic E-state index is 0.0541. The molecule has 0 aliphatic carbocycles. The number of hydrogen-bond acceptors (Lipinski definition) is 8. The summed E-state index contributed by atoms with van der Waals surface area (Å²) in [4.78, 5) is 24.1. The molecule has 0 saturated heterocycles. The summed E-state index contributed by atoms with van der Waals surface area (Å²) >= 11 is 3.86. The smallest absolute Gasteiger partial charge is 0.412 e. The van der Waals surface area contributed by atoms with Gasteiger partial charge in [-0.05, 0) is 36.2 Å². The highest BCUT2D eigenvalue weighted by atomic mass is 32.1. The number of anilines is 1. The van der Waals surface area contributed by atoms with Crippen molar-refractivity contribution in [3.63, 3.8) is 0 Å². The Morgan fingerprint density at radius 1 is 1.22 bits per heavy atom. The van der Waals surface area contributed by atoms with Gasteiger partial charge in [0.25, 0.3) is 0 Å². The molecule has 0 unspecified atom stereocenters. The fourth-order valence-electron chi connectivity index (χ4n) is 3.20. The van der Waals surface area contributed by atoms with Crippen LogP contribution in [0.4, 0.5) is 14.9 Å². The molecule has 172 valence electrons. The Labute approximate surface area is 190 Å². The van der Waals surface area contributed by atoms with Crippen LogP contribution in [0.5, 0.6) is 17.2 Å². The zero-order valence-electron chi connectivity index (χ0n) is 17.6. The van der Waals surface area contributed by atoms with Gasteiger partial charge in [-0.2, -0.15) is 12.6 Å². The molecule has 2 N–H and O–H groups in total. The molecule has 0 aromatic heterocycles. The molecule has 0 saturated carbocycles. The molecule has 0 bridgehead atoms. The van der Waals surface area contributed by atoms with E-state index in [9.17, 15) is 19.1 Å². The number of aromatic hydroxyl groups is 1. The summed E-state index contributed by atoms with van der Waals surface area (Å²) in [5, 5.41) is 12.1. The monoisotopic (exact) mass is 465 g/mol. The van der Waals surface area contributed by atoms with Crippen LogP contribution in [0.25, 0.3) is 0 Å². The molecule has 3 rings (SSSR count). The molecule has 0 fully saturated rings. The summed E-state index contributed by atoms with van der Waals surface area (Å²) < 4.78 is 35.3. The predicted octanol–water partition coefficient (Wildman–Crippen LogP) is 4.44. The van der Waals surface area contributed by atoms with Gasteiger partial charge in [0.05, 0.1) is 12.4 Å². The molecule has 2 aromatic rings. The van der Waals surface area contributed by atoms with Crippen molar-refractivity contribution in [3.05, 3.63) is 47.8 Å². The van der Waals surface area contributed by atoms with E-state index < -0.39 is 35.1 Å². The first-order valence-electron chi connectivity index (χ1n) is 9.82. The predicted molar refractivity (Wildman–Crippen MR) is 117 cm³/mol. The first-order valence-corrected chi connectivity index (χ1v) is 10.4. The van der Waals surface area contributed by atoms with E-state index >= 15 is 0 Å². The number of nitrogens with one attached hydrogen (secondary N) is 1. The number of thiol groups is 1. The number of esters is 1. The topological polar surface area (TPSA) is 103 Å². The van der Waals surface area contributed by atoms with Gasteiger partial charge < -0.3 is 24.1 Å². The second-order valence-corrected chi connectivity index (χ2v) is 8.12. The Kier molecular flexibility index (Phi) is 7.34. The molecular weight excluding hydrogens is 441 g/mol. The van der Waals surface area contributed by atoms with Crippen LogP contribution >= 0.6 is 12.6 Å². The van der Waals surface area contributed by atoms with Crippen LogP contribution in [-0.4, -0.2) is 36.3 Å². The number of phenolic OH excluding ortho intramolecular Hbond substituents is 1. The number of rotatable bonds is 8. The summed E-state index contributed by atoms with van der Waals surface area (Å²) in [5.41, 5.74) is 0.00837. The summed E-state index contributed by atoms with van der Waals surface area (Å²) in [6, 6.07) is 8.65. The fraction of sp³-hybridized carbons (Fsp3) is 0.364. The molecule has 32 heavy (non-hydrogen) atoms. The summed E-state index contributed by atoms with van der Waals surface area (Å²) in [5.74, 6) is -0.827. The summed E-state index contributed by atoms with van der Waals surface area (Å²) in [6.45, 7) is 3.76. The van der Waals surface area contributed by atoms with E-state index in [0.717, 1.165) is 6.07 Å². The van der Waals surface area contributed by atoms with E-state index in [-0.39, 0.29) is 19.2 Å². The normalized spacial score (nSPS) is 13.4. The molecule has 1 heterocycles. The van der Waals surface area contributed by atoms with E-state index in [1.54, 1.807) is 32.0 Å². The molecular formula is C22H24FNO7S. The van der Waals surface area contributed by atoms with Gasteiger partial charge in [0.2, 0.25) is 6.79 Å². The molecule has 0 spiro atoms. The van der Waals surface area contributed by atoms with Gasteiger partial charge in [0.1, 0.15) is 6.10 Å². The van der Waals surface area contributed by atoms with Crippen LogP contribution in [-0.2, 0) is 14.3 Å². The van der Waals surface area contributed by atoms with Gasteiger partial charge >= 0.3 is 12.1 Å². The number of ether oxygens (including phenoxy) is 4. The number of halogens is 1. The highest BCUT2D eigenvalue weighted by Gasteiger charge is 2.35. The Balaban J connectivity index is 1.77. The third-order valence-corrected chi connectivity index (χ3v) is 5.22. The fourth-order valence-corrected chi connectivity index (χ4v) is 3.29. The lowest BCUT2D eigenvalue weighted by atomic mass is 9.80. The lowest BCUT2D eigenvalue weighted by Crippen LogP contribution is -2.30. The number of carbonyl (C=O) groups is 2. The van der Waals surface area contributed by atoms with Crippen molar-refractivity contribution in [2.75, 3.05) is 24.5 Å². The number of carbonyl (C=O) groups excluding carboxylic acids is 2. The average Bonchev–Trinajstić information content (AvgIpc) is 3.21. The highest BCUT2D eigenvalue weighted by Crippen LogP contribution is 2.41. The zero-order valence-corrected chi connectivity index (χ0v) is 18.5. The van der Waals surface area contributed by atoms with E-state index in [1.807, 2.05) is 0 Å². The molecule has 1 amide bonds. The van der Waals surface area contributed by atoms with Gasteiger partial charge in [-0.25, -0.2) is 9.18 Å². The van der Waals surface area contributed by atoms with Gasteiger partial charge in [0, 0.05) is 17.2 Å². The van der Waals surface area contributed by atoms with Crippen molar-refractivity contribution in [1.82, 2.24) is 0 Å². The second kappa shape index (κ2) is 9.99. The number of benzene rings is 2. The molecule has 1 atom stereocenters. The first kappa shape index (κ1) is 23.5. The maximum atomic E-state index is 14.0. The molecule has 1 aliphatic rings. The van der Waals surface area contributed by atoms with E-state index in [4.69, 9.17) is 18.9 Å². The van der Waals surface area contributed by atoms with Crippen molar-refractivity contribution in [2.45, 2.75) is 26.4 Å². The quantitative estimate of drug-likeness (QED) is 0.391. The van der Waals surface area contributed by atoms with Crippen LogP contribution < -0.4 is 14.8 Å². The maximum Gasteiger partial charge on any atom is 0.412 e. The van der Waals surface area contributed by atoms with Crippen molar-refractivity contribution >= 4 is 30.4 Å². The lowest BCUT2D eigenvalue weighted by molar-refractivity contribution is -0.141. The van der Waals surface area contributed by atoms with Crippen molar-refractivity contribution in [3.8, 4) is 17.2 Å². The van der Waals surface area contributed by atoms with Gasteiger partial charge in [-0.1, -0.05) is 19.9 Å². The largest absolute Gasteiger partial charge is 0.505 e. The minimum Gasteiger partial charge on any atom is -0.505 e. The van der Waals surface area contributed by atoms with E-state index in [0.29, 0.717) is 29.2 Å². The third kappa shape index (κ3) is 5.76. The maximum absolute atomic E-state index is 14.0. The third-order valence-electron chi connectivity index (χ3n) is 4.97. The van der Waals surface area contributed by atoms with Crippen molar-refractivity contribution in [1.29, 1.82) is 0 Å². The molecule has 10 heteroatoms. The molecule has 0 radical (unpaired) electrons. The van der Waals surface area contributed by atoms with Crippen LogP contribution in [0.1, 0.15) is 31.9 Å². The van der Waals surface area contributed by atoms with Gasteiger partial charge in [0.15, 0.2) is 23.1 Å². The van der Waals surface area contributed by atoms with Crippen LogP contribution in [0.2, 0.25) is 0 Å². The van der Waals surface area contributed by atoms with Crippen LogP contribution in [0.3, 0.4) is 0 Å². The van der Waals surface area contributed by atoms with Crippen LogP contribution in [0.15, 0.2) is 36.4 Å². The van der Waals surface area contributed by atoms with Crippen molar-refractivity contribution < 1.29 is 38.0 Å². The summed E-state index contributed by atoms with van der Waals surface area (Å²) in [6.07, 6.45) is -1.37. The Morgan fingerprint density at radius 2 is 1.97 bits per heavy atom. The second-order valence-electron chi connectivity index (χ2n) is 7.81. The highest BCUT2D eigenvalue weighted by molar-refractivity contribution is 7.81. The molecule has 8 nitrogen and oxygen atoms in total. The SMILES string of the molecule is CC(C)(CCOC(=O)CS)[C@@H](OC(=O)Nc1ccc2c(c1)OCO2)c1ccc(O)c(F)c1. The Morgan fingerprint density at radius 3 is 2.69 bits per heavy atom. The number of fused-ring (bicyclic) bond motifs is 1. The number of phenols is 1. The standard InChI is InChI=1S/C22H24FNO7S/c1-22(2,7-8-28-19(26)11-32)20(13-3-5-16(25)15(23)9-13)31-21(27)24-14-4-6-17-18(10-14)30-12-29-17/h3-6,9-10,20,25,32H,7-8,11-12H2,1-2H3,(H,24,27)/t20-/m0/s1. The first-order chi connectivity index (χ1) is 15.2. The minimum atomic E-state index is -0.915. The van der Waals surface area contributed by atoms with Crippen LogP contribution in [0, 0.1) is 11.2 Å². The van der Waals surface area contributed by atoms with Crippen molar-refractivity contribution in [2.24, 2.45) is 5.41 Å². The average molecular weight is 465 g/mol. The molecule has 2 aromatic carbocycles. The summed E-state index contributed by atoms with van der Waals surface area (Å²) in [7, 11) is 0. The van der Waals surface area contributed by atoms with Gasteiger partial charge in [-0.15, -0.1) is 0 Å². The lowest BCUT2D eigenvalue weighted by Gasteiger charge is -2.34. The van der Waals surface area contributed by atoms with E-state index in [1.165, 1.54) is 12.1 Å².